The first kappa shape index (κ1) is 37.0. The lowest BCUT2D eigenvalue weighted by molar-refractivity contribution is -0.141. The third-order valence-electron chi connectivity index (χ3n) is 12.3. The van der Waals surface area contributed by atoms with Crippen molar-refractivity contribution in [3.63, 3.8) is 0 Å². The highest BCUT2D eigenvalue weighted by molar-refractivity contribution is 7.91. The zero-order chi connectivity index (χ0) is 37.6. The number of hydrogen-bond donors (Lipinski definition) is 3. The molecule has 0 spiro atoms. The molecule has 3 aliphatic heterocycles. The summed E-state index contributed by atoms with van der Waals surface area (Å²) in [7, 11) is -3.84. The van der Waals surface area contributed by atoms with Gasteiger partial charge in [-0.3, -0.25) is 24.0 Å². The summed E-state index contributed by atoms with van der Waals surface area (Å²) in [6.07, 6.45) is 12.3. The zero-order valence-electron chi connectivity index (χ0n) is 30.8. The fourth-order valence-corrected chi connectivity index (χ4v) is 11.0. The van der Waals surface area contributed by atoms with Crippen LogP contribution in [-0.4, -0.2) is 82.5 Å². The fourth-order valence-electron chi connectivity index (χ4n) is 8.88. The Bertz CT molecular complexity index is 1940. The molecule has 4 heterocycles. The number of thiazole rings is 1. The van der Waals surface area contributed by atoms with Crippen LogP contribution in [0.25, 0.3) is 6.08 Å². The number of allylic oxidation sites excluding steroid dienone is 1. The second-order valence-corrected chi connectivity index (χ2v) is 18.8. The largest absolute Gasteiger partial charge is 0.444 e. The van der Waals surface area contributed by atoms with Crippen LogP contribution in [-0.2, 0) is 48.7 Å². The normalized spacial score (nSPS) is 29.0. The SMILES string of the molecule is CC[C@@H]1C[C@]1(NC(=O)[C@@H]1C[C@@H]2CN1C(=O)[C@H](C1CCCCC1)Nc1nc(cs1)CCCC=Cc1cccc3c1CN(C3)C(=O)O2)C(=O)NS(=O)(=O)C1CC1. The average Bonchev–Trinajstić information content (AvgIpc) is 3.98. The van der Waals surface area contributed by atoms with Gasteiger partial charge >= 0.3 is 6.09 Å². The van der Waals surface area contributed by atoms with Gasteiger partial charge in [0.1, 0.15) is 23.7 Å². The van der Waals surface area contributed by atoms with Gasteiger partial charge in [-0.15, -0.1) is 11.3 Å². The van der Waals surface area contributed by atoms with Crippen LogP contribution in [0.4, 0.5) is 9.93 Å². The molecule has 4 fully saturated rings. The number of carbonyl (C=O) groups excluding carboxylic acids is 4. The van der Waals surface area contributed by atoms with Gasteiger partial charge in [0.05, 0.1) is 24.0 Å². The van der Waals surface area contributed by atoms with E-state index in [1.54, 1.807) is 4.90 Å². The van der Waals surface area contributed by atoms with Crippen LogP contribution in [0.1, 0.15) is 106 Å². The molecule has 0 radical (unpaired) electrons. The second kappa shape index (κ2) is 14.9. The van der Waals surface area contributed by atoms with Crippen LogP contribution >= 0.6 is 11.3 Å². The minimum absolute atomic E-state index is 0.0118. The first-order valence-electron chi connectivity index (χ1n) is 19.7. The maximum absolute atomic E-state index is 14.9. The summed E-state index contributed by atoms with van der Waals surface area (Å²) < 4.78 is 33.9. The summed E-state index contributed by atoms with van der Waals surface area (Å²) in [6.45, 7) is 2.70. The monoisotopic (exact) mass is 778 g/mol. The van der Waals surface area contributed by atoms with Gasteiger partial charge in [0, 0.05) is 18.3 Å². The molecule has 2 aromatic rings. The number of ether oxygens (including phenoxy) is 1. The van der Waals surface area contributed by atoms with Crippen LogP contribution in [0.15, 0.2) is 29.7 Å². The molecule has 0 unspecified atom stereocenters. The number of aromatic nitrogens is 1. The average molecular weight is 779 g/mol. The van der Waals surface area contributed by atoms with Gasteiger partial charge in [0.15, 0.2) is 5.13 Å². The summed E-state index contributed by atoms with van der Waals surface area (Å²) >= 11 is 1.47. The number of anilines is 1. The standard InChI is InChI=1S/C39H50N6O7S2/c1-2-27-19-39(27,36(48)43-54(50,51)30-16-17-30)42-34(46)32-18-29-21-45(32)35(47)33(25-11-6-3-7-12-25)41-37-40-28(23-53-37)15-8-4-5-10-24-13-9-14-26-20-44(22-31(24)26)38(49)52-29/h5,9-10,13-14,23,25,27,29-30,32-33H,2-4,6-8,11-12,15-22H2,1H3,(H,40,41)(H,42,46)(H,43,48)/t27-,29-,32+,33+,39-/m1/s1. The van der Waals surface area contributed by atoms with E-state index in [1.165, 1.54) is 16.2 Å². The molecular formula is C39H50N6O7S2. The Labute approximate surface area is 320 Å². The van der Waals surface area contributed by atoms with Crippen molar-refractivity contribution < 1.29 is 32.3 Å². The van der Waals surface area contributed by atoms with Crippen molar-refractivity contribution in [3.8, 4) is 0 Å². The minimum atomic E-state index is -3.84. The number of nitrogens with one attached hydrogen (secondary N) is 3. The summed E-state index contributed by atoms with van der Waals surface area (Å²) in [5.41, 5.74) is 2.76. The number of benzene rings is 1. The fraction of sp³-hybridized carbons (Fsp3) is 0.615. The van der Waals surface area contributed by atoms with Gasteiger partial charge < -0.3 is 20.3 Å². The minimum Gasteiger partial charge on any atom is -0.444 e. The number of aryl methyl sites for hydroxylation is 1. The van der Waals surface area contributed by atoms with E-state index in [2.05, 4.69) is 33.6 Å². The highest BCUT2D eigenvalue weighted by Crippen LogP contribution is 2.47. The van der Waals surface area contributed by atoms with E-state index in [-0.39, 0.29) is 30.7 Å². The Balaban J connectivity index is 1.09. The summed E-state index contributed by atoms with van der Waals surface area (Å²) in [5.74, 6) is -1.80. The van der Waals surface area contributed by atoms with Gasteiger partial charge in [0.25, 0.3) is 5.91 Å². The molecule has 3 N–H and O–H groups in total. The molecule has 3 aliphatic carbocycles. The molecule has 3 saturated carbocycles. The molecule has 6 bridgehead atoms. The molecule has 13 nitrogen and oxygen atoms in total. The van der Waals surface area contributed by atoms with Crippen molar-refractivity contribution >= 4 is 56.4 Å². The highest BCUT2D eigenvalue weighted by atomic mass is 32.2. The maximum atomic E-state index is 14.9. The molecule has 1 aromatic carbocycles. The molecule has 5 atom stereocenters. The molecular weight excluding hydrogens is 729 g/mol. The molecule has 1 saturated heterocycles. The van der Waals surface area contributed by atoms with Crippen LogP contribution < -0.4 is 15.4 Å². The molecule has 1 aromatic heterocycles. The third kappa shape index (κ3) is 7.49. The van der Waals surface area contributed by atoms with Gasteiger partial charge in [-0.1, -0.05) is 63.0 Å². The molecule has 15 heteroatoms. The van der Waals surface area contributed by atoms with E-state index in [0.717, 1.165) is 73.8 Å². The third-order valence-corrected chi connectivity index (χ3v) is 14.9. The predicted octanol–water partition coefficient (Wildman–Crippen LogP) is 4.87. The zero-order valence-corrected chi connectivity index (χ0v) is 32.4. The summed E-state index contributed by atoms with van der Waals surface area (Å²) in [6, 6.07) is 4.38. The Morgan fingerprint density at radius 2 is 1.91 bits per heavy atom. The van der Waals surface area contributed by atoms with Crippen molar-refractivity contribution in [2.45, 2.75) is 132 Å². The van der Waals surface area contributed by atoms with Crippen LogP contribution in [0.3, 0.4) is 0 Å². The van der Waals surface area contributed by atoms with Crippen molar-refractivity contribution in [2.75, 3.05) is 11.9 Å². The molecule has 6 aliphatic rings. The van der Waals surface area contributed by atoms with Crippen molar-refractivity contribution in [3.05, 3.63) is 52.0 Å². The number of fused-ring (bicyclic) bond motifs is 5. The van der Waals surface area contributed by atoms with Gasteiger partial charge in [0.2, 0.25) is 21.8 Å². The summed E-state index contributed by atoms with van der Waals surface area (Å²) in [5, 5.41) is 8.50. The number of hydrogen-bond acceptors (Lipinski definition) is 10. The maximum Gasteiger partial charge on any atom is 0.410 e. The van der Waals surface area contributed by atoms with Gasteiger partial charge in [-0.25, -0.2) is 18.2 Å². The van der Waals surface area contributed by atoms with Crippen LogP contribution in [0.2, 0.25) is 0 Å². The number of sulfonamides is 1. The molecule has 54 heavy (non-hydrogen) atoms. The quantitative estimate of drug-likeness (QED) is 0.356. The Morgan fingerprint density at radius 1 is 1.09 bits per heavy atom. The van der Waals surface area contributed by atoms with Crippen molar-refractivity contribution in [2.24, 2.45) is 11.8 Å². The van der Waals surface area contributed by atoms with Crippen molar-refractivity contribution in [1.29, 1.82) is 0 Å². The van der Waals surface area contributed by atoms with E-state index in [1.807, 2.05) is 24.4 Å². The summed E-state index contributed by atoms with van der Waals surface area (Å²) in [4.78, 5) is 64.7. The van der Waals surface area contributed by atoms with E-state index in [9.17, 15) is 27.6 Å². The smallest absolute Gasteiger partial charge is 0.410 e. The number of rotatable bonds is 7. The molecule has 8 rings (SSSR count). The number of carbonyl (C=O) groups is 4. The lowest BCUT2D eigenvalue weighted by atomic mass is 9.83. The first-order chi connectivity index (χ1) is 26.0. The molecule has 290 valence electrons. The van der Waals surface area contributed by atoms with Crippen LogP contribution in [0.5, 0.6) is 0 Å². The predicted molar refractivity (Wildman–Crippen MR) is 204 cm³/mol. The Morgan fingerprint density at radius 3 is 2.67 bits per heavy atom. The Hall–Kier alpha value is -3.98. The first-order valence-corrected chi connectivity index (χ1v) is 22.1. The van der Waals surface area contributed by atoms with Crippen LogP contribution in [0, 0.1) is 11.8 Å². The second-order valence-electron chi connectivity index (χ2n) is 16.0. The van der Waals surface area contributed by atoms with Gasteiger partial charge in [-0.2, -0.15) is 0 Å². The lowest BCUT2D eigenvalue weighted by Gasteiger charge is -2.34. The van der Waals surface area contributed by atoms with E-state index in [4.69, 9.17) is 9.72 Å². The Kier molecular flexibility index (Phi) is 10.2. The van der Waals surface area contributed by atoms with Gasteiger partial charge in [-0.05, 0) is 79.9 Å². The number of nitrogens with zero attached hydrogens (tertiary/aromatic N) is 3. The lowest BCUT2D eigenvalue weighted by Crippen LogP contribution is -2.58. The van der Waals surface area contributed by atoms with Crippen molar-refractivity contribution in [1.82, 2.24) is 24.8 Å². The highest BCUT2D eigenvalue weighted by Gasteiger charge is 2.62. The van der Waals surface area contributed by atoms with E-state index in [0.29, 0.717) is 43.9 Å². The van der Waals surface area contributed by atoms with E-state index < -0.39 is 56.9 Å². The van der Waals surface area contributed by atoms with E-state index >= 15 is 0 Å². The molecule has 4 amide bonds. The topological polar surface area (TPSA) is 167 Å². The number of amides is 4.